The second kappa shape index (κ2) is 8.65. The van der Waals surface area contributed by atoms with Crippen molar-refractivity contribution < 1.29 is 22.7 Å². The number of anilines is 2. The molecule has 1 aliphatic heterocycles. The molecule has 4 nitrogen and oxygen atoms in total. The van der Waals surface area contributed by atoms with Crippen LogP contribution in [0.15, 0.2) is 48.5 Å². The Balaban J connectivity index is 1.80. The maximum atomic E-state index is 13.2. The van der Waals surface area contributed by atoms with Crippen LogP contribution in [-0.2, 0) is 15.7 Å². The minimum atomic E-state index is -4.47. The van der Waals surface area contributed by atoms with Gasteiger partial charge in [-0.25, -0.2) is 0 Å². The van der Waals surface area contributed by atoms with Crippen LogP contribution in [0.4, 0.5) is 24.5 Å². The molecule has 1 N–H and O–H groups in total. The number of ether oxygens (including phenoxy) is 1. The first kappa shape index (κ1) is 20.2. The fourth-order valence-corrected chi connectivity index (χ4v) is 3.27. The summed E-state index contributed by atoms with van der Waals surface area (Å²) in [6.07, 6.45) is -4.29. The van der Waals surface area contributed by atoms with E-state index >= 15 is 0 Å². The smallest absolute Gasteiger partial charge is 0.378 e. The Morgan fingerprint density at radius 3 is 2.46 bits per heavy atom. The minimum Gasteiger partial charge on any atom is -0.378 e. The van der Waals surface area contributed by atoms with E-state index in [4.69, 9.17) is 4.74 Å². The lowest BCUT2D eigenvalue weighted by Crippen LogP contribution is -2.37. The molecule has 150 valence electrons. The number of benzene rings is 2. The van der Waals surface area contributed by atoms with Gasteiger partial charge in [-0.05, 0) is 29.7 Å². The molecule has 0 saturated carbocycles. The van der Waals surface area contributed by atoms with E-state index in [1.807, 2.05) is 42.2 Å². The van der Waals surface area contributed by atoms with Crippen molar-refractivity contribution >= 4 is 17.3 Å². The van der Waals surface area contributed by atoms with Crippen LogP contribution in [-0.4, -0.2) is 32.2 Å². The lowest BCUT2D eigenvalue weighted by atomic mass is 9.97. The third-order valence-electron chi connectivity index (χ3n) is 4.81. The van der Waals surface area contributed by atoms with Gasteiger partial charge in [0.25, 0.3) is 0 Å². The molecule has 1 amide bonds. The zero-order chi connectivity index (χ0) is 20.1. The third kappa shape index (κ3) is 5.04. The highest BCUT2D eigenvalue weighted by Crippen LogP contribution is 2.36. The summed E-state index contributed by atoms with van der Waals surface area (Å²) in [5, 5.41) is 2.70. The minimum absolute atomic E-state index is 0.0427. The van der Waals surface area contributed by atoms with Gasteiger partial charge in [0.1, 0.15) is 0 Å². The standard InChI is InChI=1S/C21H23F3N2O2/c1-15(16-5-3-2-4-6-16)13-20(27)25-18-14-17(21(22,23)24)7-8-19(18)26-9-11-28-12-10-26/h2-8,14-15H,9-13H2,1H3,(H,25,27)/t15-/m1/s1. The van der Waals surface area contributed by atoms with Crippen molar-refractivity contribution in [3.05, 3.63) is 59.7 Å². The van der Waals surface area contributed by atoms with Gasteiger partial charge in [0, 0.05) is 19.5 Å². The number of alkyl halides is 3. The summed E-state index contributed by atoms with van der Waals surface area (Å²) in [6, 6.07) is 13.0. The number of amides is 1. The molecular weight excluding hydrogens is 369 g/mol. The molecule has 1 saturated heterocycles. The molecule has 0 aromatic heterocycles. The summed E-state index contributed by atoms with van der Waals surface area (Å²) in [4.78, 5) is 14.5. The maximum Gasteiger partial charge on any atom is 0.416 e. The zero-order valence-corrected chi connectivity index (χ0v) is 15.6. The van der Waals surface area contributed by atoms with Crippen molar-refractivity contribution in [1.82, 2.24) is 0 Å². The summed E-state index contributed by atoms with van der Waals surface area (Å²) < 4.78 is 44.8. The van der Waals surface area contributed by atoms with Crippen LogP contribution in [0, 0.1) is 0 Å². The van der Waals surface area contributed by atoms with Crippen molar-refractivity contribution in [2.24, 2.45) is 0 Å². The average Bonchev–Trinajstić information content (AvgIpc) is 2.68. The van der Waals surface area contributed by atoms with Crippen molar-refractivity contribution in [2.45, 2.75) is 25.4 Å². The van der Waals surface area contributed by atoms with Crippen LogP contribution in [0.1, 0.15) is 30.4 Å². The summed E-state index contributed by atoms with van der Waals surface area (Å²) >= 11 is 0. The maximum absolute atomic E-state index is 13.2. The monoisotopic (exact) mass is 392 g/mol. The molecule has 0 radical (unpaired) electrons. The predicted octanol–water partition coefficient (Wildman–Crippen LogP) is 4.67. The van der Waals surface area contributed by atoms with E-state index in [0.717, 1.165) is 17.7 Å². The van der Waals surface area contributed by atoms with Crippen LogP contribution >= 0.6 is 0 Å². The normalized spacial score (nSPS) is 15.9. The van der Waals surface area contributed by atoms with Crippen LogP contribution < -0.4 is 10.2 Å². The molecule has 1 heterocycles. The zero-order valence-electron chi connectivity index (χ0n) is 15.6. The molecule has 1 atom stereocenters. The van der Waals surface area contributed by atoms with Crippen molar-refractivity contribution in [1.29, 1.82) is 0 Å². The Hall–Kier alpha value is -2.54. The molecule has 1 fully saturated rings. The molecule has 3 rings (SSSR count). The SMILES string of the molecule is C[C@H](CC(=O)Nc1cc(C(F)(F)F)ccc1N1CCOCC1)c1ccccc1. The molecule has 0 spiro atoms. The van der Waals surface area contributed by atoms with Crippen LogP contribution in [0.25, 0.3) is 0 Å². The van der Waals surface area contributed by atoms with E-state index in [2.05, 4.69) is 5.32 Å². The number of morpholine rings is 1. The Kier molecular flexibility index (Phi) is 6.24. The average molecular weight is 392 g/mol. The van der Waals surface area contributed by atoms with Crippen LogP contribution in [0.5, 0.6) is 0 Å². The Bertz CT molecular complexity index is 803. The van der Waals surface area contributed by atoms with Gasteiger partial charge >= 0.3 is 6.18 Å². The Morgan fingerprint density at radius 1 is 1.14 bits per heavy atom. The van der Waals surface area contributed by atoms with Gasteiger partial charge < -0.3 is 15.0 Å². The van der Waals surface area contributed by atoms with Gasteiger partial charge in [-0.15, -0.1) is 0 Å². The third-order valence-corrected chi connectivity index (χ3v) is 4.81. The Labute approximate surface area is 162 Å². The number of nitrogens with zero attached hydrogens (tertiary/aromatic N) is 1. The van der Waals surface area contributed by atoms with E-state index < -0.39 is 11.7 Å². The number of hydrogen-bond acceptors (Lipinski definition) is 3. The summed E-state index contributed by atoms with van der Waals surface area (Å²) in [7, 11) is 0. The fourth-order valence-electron chi connectivity index (χ4n) is 3.27. The quantitative estimate of drug-likeness (QED) is 0.804. The number of rotatable bonds is 5. The largest absolute Gasteiger partial charge is 0.416 e. The van der Waals surface area contributed by atoms with Crippen molar-refractivity contribution in [3.63, 3.8) is 0 Å². The van der Waals surface area contributed by atoms with E-state index in [9.17, 15) is 18.0 Å². The van der Waals surface area contributed by atoms with Crippen LogP contribution in [0.2, 0.25) is 0 Å². The second-order valence-corrected chi connectivity index (χ2v) is 6.89. The van der Waals surface area contributed by atoms with Gasteiger partial charge in [0.15, 0.2) is 0 Å². The number of hydrogen-bond donors (Lipinski definition) is 1. The Morgan fingerprint density at radius 2 is 1.82 bits per heavy atom. The number of carbonyl (C=O) groups is 1. The molecule has 7 heteroatoms. The van der Waals surface area contributed by atoms with Gasteiger partial charge in [-0.2, -0.15) is 13.2 Å². The highest BCUT2D eigenvalue weighted by Gasteiger charge is 2.32. The van der Waals surface area contributed by atoms with Crippen LogP contribution in [0.3, 0.4) is 0 Å². The fraction of sp³-hybridized carbons (Fsp3) is 0.381. The number of carbonyl (C=O) groups excluding carboxylic acids is 1. The molecule has 0 unspecified atom stereocenters. The predicted molar refractivity (Wildman–Crippen MR) is 103 cm³/mol. The first-order chi connectivity index (χ1) is 13.3. The molecule has 0 bridgehead atoms. The van der Waals surface area contributed by atoms with E-state index in [1.165, 1.54) is 6.07 Å². The molecule has 28 heavy (non-hydrogen) atoms. The number of halogens is 3. The summed E-state index contributed by atoms with van der Waals surface area (Å²) in [5.74, 6) is -0.357. The van der Waals surface area contributed by atoms with E-state index in [0.29, 0.717) is 32.0 Å². The molecule has 1 aliphatic rings. The lowest BCUT2D eigenvalue weighted by molar-refractivity contribution is -0.137. The highest BCUT2D eigenvalue weighted by atomic mass is 19.4. The molecule has 0 aliphatic carbocycles. The highest BCUT2D eigenvalue weighted by molar-refractivity contribution is 5.95. The topological polar surface area (TPSA) is 41.6 Å². The van der Waals surface area contributed by atoms with Crippen molar-refractivity contribution in [3.8, 4) is 0 Å². The molecule has 2 aromatic carbocycles. The first-order valence-corrected chi connectivity index (χ1v) is 9.23. The summed E-state index contributed by atoms with van der Waals surface area (Å²) in [6.45, 7) is 4.05. The van der Waals surface area contributed by atoms with E-state index in [-0.39, 0.29) is 23.9 Å². The van der Waals surface area contributed by atoms with Gasteiger partial charge in [0.05, 0.1) is 30.2 Å². The number of nitrogens with one attached hydrogen (secondary N) is 1. The molecule has 2 aromatic rings. The van der Waals surface area contributed by atoms with Gasteiger partial charge in [-0.1, -0.05) is 37.3 Å². The summed E-state index contributed by atoms with van der Waals surface area (Å²) in [5.41, 5.74) is 0.991. The second-order valence-electron chi connectivity index (χ2n) is 6.89. The molecular formula is C21H23F3N2O2. The lowest BCUT2D eigenvalue weighted by Gasteiger charge is -2.31. The van der Waals surface area contributed by atoms with Gasteiger partial charge in [-0.3, -0.25) is 4.79 Å². The van der Waals surface area contributed by atoms with Crippen molar-refractivity contribution in [2.75, 3.05) is 36.5 Å². The van der Waals surface area contributed by atoms with E-state index in [1.54, 1.807) is 0 Å². The van der Waals surface area contributed by atoms with Gasteiger partial charge in [0.2, 0.25) is 5.91 Å². The first-order valence-electron chi connectivity index (χ1n) is 9.23.